The van der Waals surface area contributed by atoms with Gasteiger partial charge in [0.05, 0.1) is 19.3 Å². The molecule has 1 amide bonds. The van der Waals surface area contributed by atoms with E-state index in [1.807, 2.05) is 42.5 Å². The van der Waals surface area contributed by atoms with Gasteiger partial charge in [-0.15, -0.1) is 0 Å². The van der Waals surface area contributed by atoms with Crippen LogP contribution in [0.2, 0.25) is 5.02 Å². The Balaban J connectivity index is 1.54. The van der Waals surface area contributed by atoms with Crippen molar-refractivity contribution in [1.29, 1.82) is 0 Å². The van der Waals surface area contributed by atoms with Crippen LogP contribution in [0.3, 0.4) is 0 Å². The number of methoxy groups -OCH3 is 1. The van der Waals surface area contributed by atoms with Gasteiger partial charge in [-0.3, -0.25) is 9.69 Å². The number of nitrogens with zero attached hydrogens (tertiary/aromatic N) is 2. The summed E-state index contributed by atoms with van der Waals surface area (Å²) in [4.78, 5) is 16.9. The summed E-state index contributed by atoms with van der Waals surface area (Å²) in [6, 6.07) is 13.4. The SMILES string of the molecule is COc1ccccc1NC(=O)CN1CCN(c2cc(Cl)ccc2C)CC1. The molecule has 1 aliphatic heterocycles. The van der Waals surface area contributed by atoms with Crippen molar-refractivity contribution < 1.29 is 9.53 Å². The number of hydrogen-bond acceptors (Lipinski definition) is 4. The second-order valence-electron chi connectivity index (χ2n) is 6.44. The number of nitrogens with one attached hydrogen (secondary N) is 1. The maximum absolute atomic E-state index is 12.4. The van der Waals surface area contributed by atoms with Crippen LogP contribution < -0.4 is 15.0 Å². The Morgan fingerprint density at radius 2 is 1.88 bits per heavy atom. The van der Waals surface area contributed by atoms with Crippen LogP contribution in [0.1, 0.15) is 5.56 Å². The van der Waals surface area contributed by atoms with E-state index >= 15 is 0 Å². The summed E-state index contributed by atoms with van der Waals surface area (Å²) >= 11 is 6.14. The molecule has 138 valence electrons. The molecular weight excluding hydrogens is 350 g/mol. The zero-order valence-electron chi connectivity index (χ0n) is 15.2. The summed E-state index contributed by atoms with van der Waals surface area (Å²) in [5.41, 5.74) is 3.10. The minimum absolute atomic E-state index is 0.0260. The average Bonchev–Trinajstić information content (AvgIpc) is 2.65. The van der Waals surface area contributed by atoms with E-state index in [1.54, 1.807) is 7.11 Å². The monoisotopic (exact) mass is 373 g/mol. The van der Waals surface area contributed by atoms with Crippen LogP contribution in [0.25, 0.3) is 0 Å². The Morgan fingerprint density at radius 3 is 2.62 bits per heavy atom. The van der Waals surface area contributed by atoms with Gasteiger partial charge in [0.25, 0.3) is 0 Å². The molecule has 0 bridgehead atoms. The van der Waals surface area contributed by atoms with Gasteiger partial charge in [-0.2, -0.15) is 0 Å². The lowest BCUT2D eigenvalue weighted by Gasteiger charge is -2.36. The lowest BCUT2D eigenvalue weighted by atomic mass is 10.1. The van der Waals surface area contributed by atoms with Crippen LogP contribution in [0.4, 0.5) is 11.4 Å². The molecule has 0 saturated carbocycles. The molecule has 1 fully saturated rings. The Bertz CT molecular complexity index is 773. The van der Waals surface area contributed by atoms with Gasteiger partial charge in [0.1, 0.15) is 5.75 Å². The van der Waals surface area contributed by atoms with Gasteiger partial charge in [-0.25, -0.2) is 0 Å². The molecule has 6 heteroatoms. The number of para-hydroxylation sites is 2. The topological polar surface area (TPSA) is 44.8 Å². The summed E-state index contributed by atoms with van der Waals surface area (Å²) in [7, 11) is 1.60. The van der Waals surface area contributed by atoms with Crippen LogP contribution in [-0.2, 0) is 4.79 Å². The lowest BCUT2D eigenvalue weighted by molar-refractivity contribution is -0.117. The van der Waals surface area contributed by atoms with Crippen LogP contribution in [0.5, 0.6) is 5.75 Å². The summed E-state index contributed by atoms with van der Waals surface area (Å²) in [6.07, 6.45) is 0. The molecule has 26 heavy (non-hydrogen) atoms. The molecule has 0 spiro atoms. The molecule has 5 nitrogen and oxygen atoms in total. The second-order valence-corrected chi connectivity index (χ2v) is 6.88. The van der Waals surface area contributed by atoms with Gasteiger partial charge < -0.3 is 15.0 Å². The molecule has 1 heterocycles. The third kappa shape index (κ3) is 4.48. The molecule has 2 aromatic rings. The van der Waals surface area contributed by atoms with E-state index in [4.69, 9.17) is 16.3 Å². The first-order valence-electron chi connectivity index (χ1n) is 8.73. The number of piperazine rings is 1. The summed E-state index contributed by atoms with van der Waals surface area (Å²) in [6.45, 7) is 5.90. The third-order valence-corrected chi connectivity index (χ3v) is 4.87. The van der Waals surface area contributed by atoms with Crippen LogP contribution in [-0.4, -0.2) is 50.6 Å². The highest BCUT2D eigenvalue weighted by Crippen LogP contribution is 2.25. The van der Waals surface area contributed by atoms with Gasteiger partial charge in [0.2, 0.25) is 5.91 Å². The molecule has 0 aromatic heterocycles. The Morgan fingerprint density at radius 1 is 1.15 bits per heavy atom. The number of ether oxygens (including phenoxy) is 1. The molecule has 0 unspecified atom stereocenters. The molecule has 3 rings (SSSR count). The Labute approximate surface area is 159 Å². The fraction of sp³-hybridized carbons (Fsp3) is 0.350. The summed E-state index contributed by atoms with van der Waals surface area (Å²) in [5, 5.41) is 3.69. The van der Waals surface area contributed by atoms with Crippen molar-refractivity contribution in [2.24, 2.45) is 0 Å². The van der Waals surface area contributed by atoms with Gasteiger partial charge in [-0.1, -0.05) is 29.8 Å². The molecule has 0 radical (unpaired) electrons. The predicted molar refractivity (Wildman–Crippen MR) is 106 cm³/mol. The zero-order valence-corrected chi connectivity index (χ0v) is 15.9. The van der Waals surface area contributed by atoms with Gasteiger partial charge in [0, 0.05) is 36.9 Å². The molecule has 1 aliphatic rings. The Kier molecular flexibility index (Phi) is 6.01. The summed E-state index contributed by atoms with van der Waals surface area (Å²) in [5.74, 6) is 0.643. The number of amides is 1. The Hall–Kier alpha value is -2.24. The van der Waals surface area contributed by atoms with E-state index in [0.717, 1.165) is 31.2 Å². The highest BCUT2D eigenvalue weighted by Gasteiger charge is 2.20. The highest BCUT2D eigenvalue weighted by atomic mass is 35.5. The second kappa shape index (κ2) is 8.43. The van der Waals surface area contributed by atoms with Crippen molar-refractivity contribution >= 4 is 28.9 Å². The first-order valence-corrected chi connectivity index (χ1v) is 9.11. The van der Waals surface area contributed by atoms with E-state index in [2.05, 4.69) is 22.0 Å². The van der Waals surface area contributed by atoms with Gasteiger partial charge >= 0.3 is 0 Å². The van der Waals surface area contributed by atoms with E-state index in [0.29, 0.717) is 18.0 Å². The number of carbonyl (C=O) groups is 1. The highest BCUT2D eigenvalue weighted by molar-refractivity contribution is 6.30. The van der Waals surface area contributed by atoms with Crippen LogP contribution in [0, 0.1) is 6.92 Å². The maximum Gasteiger partial charge on any atom is 0.238 e. The number of anilines is 2. The number of hydrogen-bond donors (Lipinski definition) is 1. The maximum atomic E-state index is 12.4. The van der Waals surface area contributed by atoms with Crippen molar-refractivity contribution in [2.45, 2.75) is 6.92 Å². The molecular formula is C20H24ClN3O2. The number of rotatable bonds is 5. The largest absolute Gasteiger partial charge is 0.495 e. The first kappa shape index (κ1) is 18.5. The van der Waals surface area contributed by atoms with Crippen molar-refractivity contribution in [2.75, 3.05) is 50.1 Å². The smallest absolute Gasteiger partial charge is 0.238 e. The number of halogens is 1. The van der Waals surface area contributed by atoms with Crippen molar-refractivity contribution in [3.05, 3.63) is 53.1 Å². The predicted octanol–water partition coefficient (Wildman–Crippen LogP) is 3.42. The van der Waals surface area contributed by atoms with Gasteiger partial charge in [0.15, 0.2) is 0 Å². The third-order valence-electron chi connectivity index (χ3n) is 4.63. The van der Waals surface area contributed by atoms with E-state index < -0.39 is 0 Å². The fourth-order valence-corrected chi connectivity index (χ4v) is 3.38. The van der Waals surface area contributed by atoms with E-state index in [1.165, 1.54) is 11.3 Å². The molecule has 0 atom stereocenters. The molecule has 0 aliphatic carbocycles. The molecule has 1 saturated heterocycles. The minimum atomic E-state index is -0.0260. The normalized spacial score (nSPS) is 15.0. The van der Waals surface area contributed by atoms with Crippen LogP contribution >= 0.6 is 11.6 Å². The summed E-state index contributed by atoms with van der Waals surface area (Å²) < 4.78 is 5.27. The van der Waals surface area contributed by atoms with Crippen molar-refractivity contribution in [3.8, 4) is 5.75 Å². The molecule has 1 N–H and O–H groups in total. The standard InChI is InChI=1S/C20H24ClN3O2/c1-15-7-8-16(21)13-18(15)24-11-9-23(10-12-24)14-20(25)22-17-5-3-4-6-19(17)26-2/h3-8,13H,9-12,14H2,1-2H3,(H,22,25). The average molecular weight is 374 g/mol. The number of aryl methyl sites for hydroxylation is 1. The number of benzene rings is 2. The zero-order chi connectivity index (χ0) is 18.5. The van der Waals surface area contributed by atoms with E-state index in [9.17, 15) is 4.79 Å². The van der Waals surface area contributed by atoms with Gasteiger partial charge in [-0.05, 0) is 36.8 Å². The van der Waals surface area contributed by atoms with Crippen molar-refractivity contribution in [3.63, 3.8) is 0 Å². The molecule has 2 aromatic carbocycles. The van der Waals surface area contributed by atoms with Crippen LogP contribution in [0.15, 0.2) is 42.5 Å². The quantitative estimate of drug-likeness (QED) is 0.872. The minimum Gasteiger partial charge on any atom is -0.495 e. The van der Waals surface area contributed by atoms with E-state index in [-0.39, 0.29) is 5.91 Å². The first-order chi connectivity index (χ1) is 12.6. The van der Waals surface area contributed by atoms with Crippen molar-refractivity contribution in [1.82, 2.24) is 4.90 Å². The lowest BCUT2D eigenvalue weighted by Crippen LogP contribution is -2.48. The number of carbonyl (C=O) groups excluding carboxylic acids is 1. The fourth-order valence-electron chi connectivity index (χ4n) is 3.21.